The fraction of sp³-hybridized carbons (Fsp3) is 0. The number of para-hydroxylation sites is 1. The number of benzene rings is 9. The lowest BCUT2D eigenvalue weighted by atomic mass is 9.83. The average molecular weight is 571 g/mol. The first kappa shape index (κ1) is 24.5. The molecule has 0 radical (unpaired) electrons. The summed E-state index contributed by atoms with van der Waals surface area (Å²) in [6, 6.07) is 57.4. The zero-order chi connectivity index (χ0) is 29.5. The fourth-order valence-electron chi connectivity index (χ4n) is 7.68. The van der Waals surface area contributed by atoms with E-state index in [4.69, 9.17) is 4.42 Å². The summed E-state index contributed by atoms with van der Waals surface area (Å²) in [5.41, 5.74) is 6.91. The molecule has 0 aliphatic carbocycles. The van der Waals surface area contributed by atoms with Crippen LogP contribution in [0.4, 0.5) is 0 Å². The van der Waals surface area contributed by atoms with Gasteiger partial charge in [0.1, 0.15) is 11.2 Å². The summed E-state index contributed by atoms with van der Waals surface area (Å²) >= 11 is 0. The molecule has 0 unspecified atom stereocenters. The third kappa shape index (κ3) is 3.50. The van der Waals surface area contributed by atoms with Gasteiger partial charge in [0.2, 0.25) is 0 Å². The van der Waals surface area contributed by atoms with Crippen molar-refractivity contribution in [1.82, 2.24) is 0 Å². The van der Waals surface area contributed by atoms with Gasteiger partial charge in [0.05, 0.1) is 0 Å². The Kier molecular flexibility index (Phi) is 5.06. The quantitative estimate of drug-likeness (QED) is 0.149. The monoisotopic (exact) mass is 570 g/mol. The lowest BCUT2D eigenvalue weighted by Crippen LogP contribution is -1.92. The Morgan fingerprint density at radius 1 is 0.267 bits per heavy atom. The van der Waals surface area contributed by atoms with Crippen LogP contribution in [0.3, 0.4) is 0 Å². The molecule has 0 fully saturated rings. The van der Waals surface area contributed by atoms with Crippen LogP contribution in [0.15, 0.2) is 162 Å². The summed E-state index contributed by atoms with van der Waals surface area (Å²) in [4.78, 5) is 0. The molecule has 0 saturated carbocycles. The van der Waals surface area contributed by atoms with Crippen LogP contribution < -0.4 is 0 Å². The molecule has 0 spiro atoms. The maximum absolute atomic E-state index is 6.27. The smallest absolute Gasteiger partial charge is 0.136 e. The van der Waals surface area contributed by atoms with E-state index < -0.39 is 0 Å². The van der Waals surface area contributed by atoms with Gasteiger partial charge in [-0.3, -0.25) is 0 Å². The van der Waals surface area contributed by atoms with E-state index in [1.807, 2.05) is 6.07 Å². The van der Waals surface area contributed by atoms with Crippen molar-refractivity contribution in [3.05, 3.63) is 158 Å². The van der Waals surface area contributed by atoms with Gasteiger partial charge < -0.3 is 4.42 Å². The van der Waals surface area contributed by atoms with E-state index in [1.54, 1.807) is 0 Å². The van der Waals surface area contributed by atoms with Crippen LogP contribution in [-0.2, 0) is 0 Å². The van der Waals surface area contributed by atoms with E-state index >= 15 is 0 Å². The minimum Gasteiger partial charge on any atom is -0.456 e. The molecule has 45 heavy (non-hydrogen) atoms. The molecular formula is C44H26O. The van der Waals surface area contributed by atoms with Crippen molar-refractivity contribution >= 4 is 75.8 Å². The van der Waals surface area contributed by atoms with Crippen LogP contribution in [0.1, 0.15) is 0 Å². The van der Waals surface area contributed by atoms with Gasteiger partial charge in [-0.05, 0) is 94.3 Å². The van der Waals surface area contributed by atoms with Crippen LogP contribution in [-0.4, -0.2) is 0 Å². The van der Waals surface area contributed by atoms with Crippen LogP contribution in [0.2, 0.25) is 0 Å². The highest BCUT2D eigenvalue weighted by atomic mass is 16.3. The highest BCUT2D eigenvalue weighted by Crippen LogP contribution is 2.47. The highest BCUT2D eigenvalue weighted by molar-refractivity contribution is 6.27. The lowest BCUT2D eigenvalue weighted by Gasteiger charge is -2.20. The molecule has 1 nitrogen and oxygen atoms in total. The third-order valence-electron chi connectivity index (χ3n) is 9.63. The zero-order valence-electron chi connectivity index (χ0n) is 24.4. The minimum absolute atomic E-state index is 0.924. The normalized spacial score (nSPS) is 12.0. The van der Waals surface area contributed by atoms with E-state index in [-0.39, 0.29) is 0 Å². The van der Waals surface area contributed by atoms with Gasteiger partial charge in [0.25, 0.3) is 0 Å². The van der Waals surface area contributed by atoms with Crippen molar-refractivity contribution in [2.24, 2.45) is 0 Å². The molecule has 0 saturated heterocycles. The average Bonchev–Trinajstić information content (AvgIpc) is 3.46. The van der Waals surface area contributed by atoms with Crippen molar-refractivity contribution < 1.29 is 4.42 Å². The number of fused-ring (bicyclic) bond motifs is 9. The van der Waals surface area contributed by atoms with Crippen molar-refractivity contribution in [3.8, 4) is 22.3 Å². The molecule has 10 aromatic rings. The molecule has 0 aliphatic heterocycles. The molecule has 0 atom stereocenters. The van der Waals surface area contributed by atoms with Crippen molar-refractivity contribution in [1.29, 1.82) is 0 Å². The topological polar surface area (TPSA) is 13.1 Å². The maximum Gasteiger partial charge on any atom is 0.136 e. The first-order valence-corrected chi connectivity index (χ1v) is 15.5. The van der Waals surface area contributed by atoms with Crippen molar-refractivity contribution in [2.75, 3.05) is 0 Å². The Morgan fingerprint density at radius 2 is 0.800 bits per heavy atom. The SMILES string of the molecule is c1cc(-c2c3ccccc3c(-c3cccc4c3ccc3ccccc34)c3ccccc23)c2cc3c(cc2c1)oc1ccccc13. The van der Waals surface area contributed by atoms with Crippen LogP contribution in [0, 0.1) is 0 Å². The largest absolute Gasteiger partial charge is 0.456 e. The van der Waals surface area contributed by atoms with Crippen LogP contribution in [0.25, 0.3) is 98.1 Å². The lowest BCUT2D eigenvalue weighted by molar-refractivity contribution is 0.669. The highest BCUT2D eigenvalue weighted by Gasteiger charge is 2.20. The summed E-state index contributed by atoms with van der Waals surface area (Å²) in [6.45, 7) is 0. The second-order valence-corrected chi connectivity index (χ2v) is 12.0. The van der Waals surface area contributed by atoms with Crippen LogP contribution in [0.5, 0.6) is 0 Å². The van der Waals surface area contributed by atoms with Gasteiger partial charge in [-0.25, -0.2) is 0 Å². The molecule has 0 bridgehead atoms. The molecule has 1 heteroatoms. The van der Waals surface area contributed by atoms with Gasteiger partial charge in [0, 0.05) is 10.8 Å². The molecule has 0 aliphatic rings. The molecule has 9 aromatic carbocycles. The Balaban J connectivity index is 1.34. The number of furan rings is 1. The molecule has 0 N–H and O–H groups in total. The zero-order valence-corrected chi connectivity index (χ0v) is 24.4. The van der Waals surface area contributed by atoms with Gasteiger partial charge in [-0.2, -0.15) is 0 Å². The molecule has 1 heterocycles. The van der Waals surface area contributed by atoms with E-state index in [1.165, 1.54) is 76.1 Å². The number of hydrogen-bond donors (Lipinski definition) is 0. The van der Waals surface area contributed by atoms with Crippen LogP contribution >= 0.6 is 0 Å². The molecular weight excluding hydrogens is 544 g/mol. The van der Waals surface area contributed by atoms with Crippen molar-refractivity contribution in [2.45, 2.75) is 0 Å². The second-order valence-electron chi connectivity index (χ2n) is 12.0. The predicted molar refractivity (Wildman–Crippen MR) is 192 cm³/mol. The molecule has 0 amide bonds. The van der Waals surface area contributed by atoms with E-state index in [9.17, 15) is 0 Å². The predicted octanol–water partition coefficient (Wildman–Crippen LogP) is 12.7. The van der Waals surface area contributed by atoms with Gasteiger partial charge >= 0.3 is 0 Å². The first-order valence-electron chi connectivity index (χ1n) is 15.5. The Hall–Kier alpha value is -5.92. The second kappa shape index (κ2) is 9.29. The Labute approximate surface area is 259 Å². The fourth-order valence-corrected chi connectivity index (χ4v) is 7.68. The summed E-state index contributed by atoms with van der Waals surface area (Å²) in [5.74, 6) is 0. The van der Waals surface area contributed by atoms with Gasteiger partial charge in [-0.15, -0.1) is 0 Å². The first-order chi connectivity index (χ1) is 22.3. The molecule has 1 aromatic heterocycles. The Morgan fingerprint density at radius 3 is 1.51 bits per heavy atom. The molecule has 10 rings (SSSR count). The molecule has 208 valence electrons. The van der Waals surface area contributed by atoms with Crippen molar-refractivity contribution in [3.63, 3.8) is 0 Å². The summed E-state index contributed by atoms with van der Waals surface area (Å²) < 4.78 is 6.27. The minimum atomic E-state index is 0.924. The number of hydrogen-bond acceptors (Lipinski definition) is 1. The van der Waals surface area contributed by atoms with Gasteiger partial charge in [0.15, 0.2) is 0 Å². The van der Waals surface area contributed by atoms with E-state index in [2.05, 4.69) is 152 Å². The summed E-state index contributed by atoms with van der Waals surface area (Å²) in [7, 11) is 0. The summed E-state index contributed by atoms with van der Waals surface area (Å²) in [6.07, 6.45) is 0. The maximum atomic E-state index is 6.27. The van der Waals surface area contributed by atoms with Gasteiger partial charge in [-0.1, -0.05) is 140 Å². The Bertz CT molecular complexity index is 2760. The number of rotatable bonds is 2. The van der Waals surface area contributed by atoms with E-state index in [0.717, 1.165) is 21.9 Å². The third-order valence-corrected chi connectivity index (χ3v) is 9.63. The summed E-state index contributed by atoms with van der Waals surface area (Å²) in [5, 5.41) is 14.9. The standard InChI is InChI=1S/C44H26O/c1-2-13-29-27(11-1)23-24-31-30(29)19-10-21-33(31)43-34-15-3-5-17-36(34)44(37-18-6-4-16-35(37)43)38-20-9-12-28-25-42-40(26-39(28)38)32-14-7-8-22-41(32)45-42/h1-26H. The van der Waals surface area contributed by atoms with E-state index in [0.29, 0.717) is 0 Å².